The van der Waals surface area contributed by atoms with Crippen LogP contribution in [0.3, 0.4) is 0 Å². The molecule has 1 saturated heterocycles. The Kier molecular flexibility index (Phi) is 10.8. The van der Waals surface area contributed by atoms with Crippen molar-refractivity contribution in [3.63, 3.8) is 0 Å². The average molecular weight is 590 g/mol. The lowest BCUT2D eigenvalue weighted by Crippen LogP contribution is -2.49. The fourth-order valence-electron chi connectivity index (χ4n) is 4.96. The van der Waals surface area contributed by atoms with Crippen molar-refractivity contribution in [1.29, 1.82) is 0 Å². The number of likely N-dealkylation sites (tertiary alicyclic amines) is 1. The van der Waals surface area contributed by atoms with Gasteiger partial charge in [0.1, 0.15) is 18.5 Å². The van der Waals surface area contributed by atoms with Gasteiger partial charge in [0.15, 0.2) is 0 Å². The molecule has 0 unspecified atom stereocenters. The number of nitrogens with zero attached hydrogens (tertiary/aromatic N) is 2. The third kappa shape index (κ3) is 8.72. The molecule has 0 radical (unpaired) electrons. The monoisotopic (exact) mass is 589 g/mol. The van der Waals surface area contributed by atoms with Crippen LogP contribution in [0.25, 0.3) is 0 Å². The average Bonchev–Trinajstić information content (AvgIpc) is 3.30. The lowest BCUT2D eigenvalue weighted by atomic mass is 10.1. The Hall–Kier alpha value is -3.55. The zero-order chi connectivity index (χ0) is 30.3. The Morgan fingerprint density at radius 2 is 1.83 bits per heavy atom. The number of hydrogen-bond acceptors (Lipinski definition) is 8. The standard InChI is InChI=1S/C28H39N5O7S/c1-17(2)27(35)33-15-22(12-21(33)13-30-24-8-6-7-9-29-24)40-16-25(34)31-14-23(28(36)37)32-41(38,39)26-19(4)10-18(3)11-20(26)5/h6-11,17,21-23,32H,12-16H2,1-5H3,(H,29,30)(H,31,34)(H,36,37)/t21-,22+,23-/m0/s1. The molecule has 1 aromatic heterocycles. The number of aromatic nitrogens is 1. The molecular formula is C28H39N5O7S. The van der Waals surface area contributed by atoms with Crippen LogP contribution in [0.5, 0.6) is 0 Å². The van der Waals surface area contributed by atoms with Gasteiger partial charge in [0.05, 0.1) is 17.0 Å². The number of aryl methyl sites for hydroxylation is 3. The molecule has 224 valence electrons. The summed E-state index contributed by atoms with van der Waals surface area (Å²) in [4.78, 5) is 43.1. The first kappa shape index (κ1) is 32.0. The molecule has 1 fully saturated rings. The third-order valence-corrected chi connectivity index (χ3v) is 8.54. The highest BCUT2D eigenvalue weighted by Gasteiger charge is 2.37. The molecule has 1 aromatic carbocycles. The van der Waals surface area contributed by atoms with E-state index in [0.29, 0.717) is 36.5 Å². The molecule has 2 aromatic rings. The normalized spacial score (nSPS) is 17.9. The number of carbonyl (C=O) groups is 3. The summed E-state index contributed by atoms with van der Waals surface area (Å²) < 4.78 is 34.0. The Balaban J connectivity index is 1.56. The zero-order valence-electron chi connectivity index (χ0n) is 24.0. The van der Waals surface area contributed by atoms with Crippen LogP contribution in [-0.4, -0.2) is 85.6 Å². The second-order valence-electron chi connectivity index (χ2n) is 10.6. The number of benzene rings is 1. The molecule has 4 N–H and O–H groups in total. The van der Waals surface area contributed by atoms with E-state index in [2.05, 4.69) is 20.3 Å². The molecule has 2 amide bonds. The SMILES string of the molecule is Cc1cc(C)c(S(=O)(=O)N[C@@H](CNC(=O)CO[C@@H]2C[C@@H](CNc3ccccn3)N(C(=O)C(C)C)C2)C(=O)O)c(C)c1. The van der Waals surface area contributed by atoms with E-state index in [-0.39, 0.29) is 29.4 Å². The van der Waals surface area contributed by atoms with Crippen molar-refractivity contribution in [2.24, 2.45) is 5.92 Å². The fraction of sp³-hybridized carbons (Fsp3) is 0.500. The number of carboxylic acids is 1. The van der Waals surface area contributed by atoms with Crippen molar-refractivity contribution >= 4 is 33.6 Å². The second-order valence-corrected chi connectivity index (χ2v) is 12.3. The van der Waals surface area contributed by atoms with Gasteiger partial charge in [0.2, 0.25) is 21.8 Å². The highest BCUT2D eigenvalue weighted by Crippen LogP contribution is 2.24. The van der Waals surface area contributed by atoms with Crippen molar-refractivity contribution < 1.29 is 32.6 Å². The summed E-state index contributed by atoms with van der Waals surface area (Å²) in [5.74, 6) is -1.58. The number of aliphatic carboxylic acids is 1. The maximum absolute atomic E-state index is 13.0. The maximum atomic E-state index is 13.0. The second kappa shape index (κ2) is 13.9. The van der Waals surface area contributed by atoms with Crippen LogP contribution in [0.4, 0.5) is 5.82 Å². The molecular weight excluding hydrogens is 550 g/mol. The molecule has 1 aliphatic rings. The van der Waals surface area contributed by atoms with Crippen LogP contribution in [0.15, 0.2) is 41.4 Å². The zero-order valence-corrected chi connectivity index (χ0v) is 24.8. The van der Waals surface area contributed by atoms with Crippen LogP contribution in [-0.2, 0) is 29.1 Å². The molecule has 0 bridgehead atoms. The number of sulfonamides is 1. The fourth-order valence-corrected chi connectivity index (χ4v) is 6.60. The van der Waals surface area contributed by atoms with Gasteiger partial charge in [-0.1, -0.05) is 37.6 Å². The van der Waals surface area contributed by atoms with Gasteiger partial charge < -0.3 is 25.4 Å². The Bertz CT molecular complexity index is 1330. The predicted octanol–water partition coefficient (Wildman–Crippen LogP) is 1.61. The molecule has 3 rings (SSSR count). The van der Waals surface area contributed by atoms with Gasteiger partial charge in [-0.25, -0.2) is 13.4 Å². The number of rotatable bonds is 13. The molecule has 2 heterocycles. The van der Waals surface area contributed by atoms with Gasteiger partial charge in [-0.3, -0.25) is 14.4 Å². The van der Waals surface area contributed by atoms with E-state index in [0.717, 1.165) is 5.56 Å². The van der Waals surface area contributed by atoms with Crippen molar-refractivity contribution in [2.75, 3.05) is 31.6 Å². The largest absolute Gasteiger partial charge is 0.480 e. The van der Waals surface area contributed by atoms with Gasteiger partial charge in [-0.05, 0) is 50.5 Å². The van der Waals surface area contributed by atoms with Crippen LogP contribution in [0.1, 0.15) is 37.0 Å². The van der Waals surface area contributed by atoms with Gasteiger partial charge >= 0.3 is 5.97 Å². The number of hydrogen-bond donors (Lipinski definition) is 4. The highest BCUT2D eigenvalue weighted by atomic mass is 32.2. The number of carbonyl (C=O) groups excluding carboxylic acids is 2. The molecule has 12 nitrogen and oxygen atoms in total. The Morgan fingerprint density at radius 3 is 2.41 bits per heavy atom. The van der Waals surface area contributed by atoms with Crippen molar-refractivity contribution in [3.05, 3.63) is 53.2 Å². The van der Waals surface area contributed by atoms with Gasteiger partial charge in [-0.15, -0.1) is 0 Å². The van der Waals surface area contributed by atoms with Crippen molar-refractivity contribution in [2.45, 2.75) is 64.1 Å². The first-order chi connectivity index (χ1) is 19.3. The van der Waals surface area contributed by atoms with Crippen LogP contribution in [0, 0.1) is 26.7 Å². The highest BCUT2D eigenvalue weighted by molar-refractivity contribution is 7.89. The van der Waals surface area contributed by atoms with E-state index in [4.69, 9.17) is 4.74 Å². The summed E-state index contributed by atoms with van der Waals surface area (Å²) >= 11 is 0. The number of carboxylic acid groups (broad SMARTS) is 1. The molecule has 0 aliphatic carbocycles. The quantitative estimate of drug-likeness (QED) is 0.271. The first-order valence-electron chi connectivity index (χ1n) is 13.4. The molecule has 3 atom stereocenters. The summed E-state index contributed by atoms with van der Waals surface area (Å²) in [5, 5.41) is 15.3. The van der Waals surface area contributed by atoms with E-state index in [1.54, 1.807) is 37.1 Å². The predicted molar refractivity (Wildman–Crippen MR) is 153 cm³/mol. The summed E-state index contributed by atoms with van der Waals surface area (Å²) in [5.41, 5.74) is 1.87. The van der Waals surface area contributed by atoms with Crippen molar-refractivity contribution in [1.82, 2.24) is 19.9 Å². The van der Waals surface area contributed by atoms with E-state index in [1.165, 1.54) is 0 Å². The van der Waals surface area contributed by atoms with Gasteiger partial charge in [0.25, 0.3) is 0 Å². The Morgan fingerprint density at radius 1 is 1.15 bits per heavy atom. The smallest absolute Gasteiger partial charge is 0.323 e. The lowest BCUT2D eigenvalue weighted by Gasteiger charge is -2.26. The summed E-state index contributed by atoms with van der Waals surface area (Å²) in [6, 6.07) is 7.15. The summed E-state index contributed by atoms with van der Waals surface area (Å²) in [6.45, 7) is 8.69. The molecule has 13 heteroatoms. The first-order valence-corrected chi connectivity index (χ1v) is 14.9. The minimum absolute atomic E-state index is 0.0119. The number of amides is 2. The number of anilines is 1. The lowest BCUT2D eigenvalue weighted by molar-refractivity contribution is -0.139. The minimum atomic E-state index is -4.17. The third-order valence-electron chi connectivity index (χ3n) is 6.76. The summed E-state index contributed by atoms with van der Waals surface area (Å²) in [6.07, 6.45) is 1.77. The van der Waals surface area contributed by atoms with E-state index >= 15 is 0 Å². The van der Waals surface area contributed by atoms with E-state index in [9.17, 15) is 27.9 Å². The van der Waals surface area contributed by atoms with Crippen LogP contribution >= 0.6 is 0 Å². The number of nitrogens with one attached hydrogen (secondary N) is 3. The van der Waals surface area contributed by atoms with E-state index in [1.807, 2.05) is 39.0 Å². The van der Waals surface area contributed by atoms with E-state index < -0.39 is 40.6 Å². The molecule has 41 heavy (non-hydrogen) atoms. The van der Waals surface area contributed by atoms with Crippen molar-refractivity contribution in [3.8, 4) is 0 Å². The van der Waals surface area contributed by atoms with Gasteiger partial charge in [-0.2, -0.15) is 4.72 Å². The molecule has 0 spiro atoms. The van der Waals surface area contributed by atoms with Gasteiger partial charge in [0, 0.05) is 31.7 Å². The summed E-state index contributed by atoms with van der Waals surface area (Å²) in [7, 11) is -4.17. The maximum Gasteiger partial charge on any atom is 0.323 e. The molecule has 0 saturated carbocycles. The number of pyridine rings is 1. The Labute approximate surface area is 240 Å². The topological polar surface area (TPSA) is 167 Å². The molecule has 1 aliphatic heterocycles. The number of ether oxygens (including phenoxy) is 1. The van der Waals surface area contributed by atoms with Crippen LogP contribution < -0.4 is 15.4 Å². The van der Waals surface area contributed by atoms with Crippen LogP contribution in [0.2, 0.25) is 0 Å². The minimum Gasteiger partial charge on any atom is -0.480 e.